The molecule has 1 aromatic carbocycles. The maximum Gasteiger partial charge on any atom is 0.267 e. The van der Waals surface area contributed by atoms with E-state index in [2.05, 4.69) is 0 Å². The zero-order chi connectivity index (χ0) is 11.0. The van der Waals surface area contributed by atoms with Gasteiger partial charge in [-0.05, 0) is 19.1 Å². The molecular formula is C11H13NO3. The molecule has 15 heavy (non-hydrogen) atoms. The first-order valence-electron chi connectivity index (χ1n) is 4.75. The van der Waals surface area contributed by atoms with Gasteiger partial charge < -0.3 is 14.4 Å². The van der Waals surface area contributed by atoms with Crippen molar-refractivity contribution in [1.82, 2.24) is 0 Å². The third-order valence-electron chi connectivity index (χ3n) is 2.51. The van der Waals surface area contributed by atoms with Crippen molar-refractivity contribution in [2.24, 2.45) is 0 Å². The van der Waals surface area contributed by atoms with Crippen LogP contribution < -0.4 is 14.4 Å². The molecule has 0 aliphatic carbocycles. The summed E-state index contributed by atoms with van der Waals surface area (Å²) in [7, 11) is 3.34. The first kappa shape index (κ1) is 9.83. The van der Waals surface area contributed by atoms with Crippen LogP contribution >= 0.6 is 0 Å². The number of hydrogen-bond acceptors (Lipinski definition) is 3. The van der Waals surface area contributed by atoms with Crippen LogP contribution in [0.4, 0.5) is 5.69 Å². The van der Waals surface area contributed by atoms with Gasteiger partial charge >= 0.3 is 0 Å². The molecule has 0 radical (unpaired) electrons. The molecular weight excluding hydrogens is 194 g/mol. The van der Waals surface area contributed by atoms with Crippen LogP contribution in [0, 0.1) is 0 Å². The molecule has 0 saturated heterocycles. The van der Waals surface area contributed by atoms with Gasteiger partial charge in [-0.2, -0.15) is 0 Å². The van der Waals surface area contributed by atoms with Crippen LogP contribution in [0.25, 0.3) is 0 Å². The Morgan fingerprint density at radius 3 is 2.87 bits per heavy atom. The number of fused-ring (bicyclic) bond motifs is 1. The zero-order valence-corrected chi connectivity index (χ0v) is 8.98. The summed E-state index contributed by atoms with van der Waals surface area (Å²) < 4.78 is 10.6. The van der Waals surface area contributed by atoms with Gasteiger partial charge in [-0.15, -0.1) is 0 Å². The normalized spacial score (nSPS) is 19.5. The Morgan fingerprint density at radius 1 is 1.47 bits per heavy atom. The Morgan fingerprint density at radius 2 is 2.20 bits per heavy atom. The minimum absolute atomic E-state index is 0.0346. The highest BCUT2D eigenvalue weighted by molar-refractivity contribution is 5.99. The predicted molar refractivity (Wildman–Crippen MR) is 56.5 cm³/mol. The van der Waals surface area contributed by atoms with E-state index in [4.69, 9.17) is 9.47 Å². The molecule has 1 aliphatic rings. The standard InChI is InChI=1S/C11H13NO3/c1-7-11(13)12(2)9-5-4-8(14-3)6-10(9)15-7/h4-7H,1-3H3. The molecule has 0 fully saturated rings. The minimum atomic E-state index is -0.436. The van der Waals surface area contributed by atoms with E-state index in [0.717, 1.165) is 11.4 Å². The molecule has 0 saturated carbocycles. The van der Waals surface area contributed by atoms with Crippen LogP contribution in [0.15, 0.2) is 18.2 Å². The zero-order valence-electron chi connectivity index (χ0n) is 8.98. The summed E-state index contributed by atoms with van der Waals surface area (Å²) in [5, 5.41) is 0. The molecule has 1 atom stereocenters. The Labute approximate surface area is 88.4 Å². The van der Waals surface area contributed by atoms with Crippen molar-refractivity contribution in [2.45, 2.75) is 13.0 Å². The lowest BCUT2D eigenvalue weighted by Crippen LogP contribution is -2.41. The third-order valence-corrected chi connectivity index (χ3v) is 2.51. The molecule has 1 heterocycles. The molecule has 0 aromatic heterocycles. The van der Waals surface area contributed by atoms with Crippen molar-refractivity contribution in [3.8, 4) is 11.5 Å². The quantitative estimate of drug-likeness (QED) is 0.699. The molecule has 0 spiro atoms. The van der Waals surface area contributed by atoms with Crippen LogP contribution in [0.5, 0.6) is 11.5 Å². The van der Waals surface area contributed by atoms with Crippen molar-refractivity contribution in [3.63, 3.8) is 0 Å². The van der Waals surface area contributed by atoms with Gasteiger partial charge in [0.25, 0.3) is 5.91 Å². The Hall–Kier alpha value is -1.71. The van der Waals surface area contributed by atoms with Crippen LogP contribution in [0.3, 0.4) is 0 Å². The van der Waals surface area contributed by atoms with E-state index in [1.807, 2.05) is 12.1 Å². The molecule has 2 rings (SSSR count). The van der Waals surface area contributed by atoms with Gasteiger partial charge in [-0.3, -0.25) is 4.79 Å². The van der Waals surface area contributed by atoms with Gasteiger partial charge in [0.05, 0.1) is 12.8 Å². The fourth-order valence-electron chi connectivity index (χ4n) is 1.63. The minimum Gasteiger partial charge on any atom is -0.497 e. The van der Waals surface area contributed by atoms with Crippen LogP contribution in [-0.4, -0.2) is 26.2 Å². The second-order valence-electron chi connectivity index (χ2n) is 3.49. The highest BCUT2D eigenvalue weighted by Crippen LogP contribution is 2.35. The van der Waals surface area contributed by atoms with E-state index in [9.17, 15) is 4.79 Å². The van der Waals surface area contributed by atoms with Crippen LogP contribution in [0.2, 0.25) is 0 Å². The van der Waals surface area contributed by atoms with Crippen molar-refractivity contribution in [3.05, 3.63) is 18.2 Å². The predicted octanol–water partition coefficient (Wildman–Crippen LogP) is 1.44. The Bertz CT molecular complexity index is 403. The first-order chi connectivity index (χ1) is 7.13. The van der Waals surface area contributed by atoms with Crippen molar-refractivity contribution < 1.29 is 14.3 Å². The second-order valence-corrected chi connectivity index (χ2v) is 3.49. The summed E-state index contributed by atoms with van der Waals surface area (Å²) in [4.78, 5) is 13.2. The Kier molecular flexibility index (Phi) is 2.26. The van der Waals surface area contributed by atoms with Crippen molar-refractivity contribution >= 4 is 11.6 Å². The number of anilines is 1. The maximum absolute atomic E-state index is 11.6. The van der Waals surface area contributed by atoms with Gasteiger partial charge in [0.2, 0.25) is 0 Å². The molecule has 4 nitrogen and oxygen atoms in total. The number of nitrogens with zero attached hydrogens (tertiary/aromatic N) is 1. The number of carbonyl (C=O) groups is 1. The van der Waals surface area contributed by atoms with Crippen LogP contribution in [0.1, 0.15) is 6.92 Å². The second kappa shape index (κ2) is 3.46. The highest BCUT2D eigenvalue weighted by atomic mass is 16.5. The lowest BCUT2D eigenvalue weighted by Gasteiger charge is -2.30. The SMILES string of the molecule is COc1ccc2c(c1)OC(C)C(=O)N2C. The van der Waals surface area contributed by atoms with E-state index in [1.165, 1.54) is 0 Å². The van der Waals surface area contributed by atoms with Gasteiger partial charge in [-0.25, -0.2) is 0 Å². The fourth-order valence-corrected chi connectivity index (χ4v) is 1.63. The van der Waals surface area contributed by atoms with Crippen LogP contribution in [-0.2, 0) is 4.79 Å². The molecule has 0 bridgehead atoms. The van der Waals surface area contributed by atoms with E-state index < -0.39 is 6.10 Å². The summed E-state index contributed by atoms with van der Waals surface area (Å²) in [5.74, 6) is 1.38. The number of carbonyl (C=O) groups excluding carboxylic acids is 1. The molecule has 4 heteroatoms. The van der Waals surface area contributed by atoms with Crippen molar-refractivity contribution in [1.29, 1.82) is 0 Å². The topological polar surface area (TPSA) is 38.8 Å². The van der Waals surface area contributed by atoms with Crippen molar-refractivity contribution in [2.75, 3.05) is 19.1 Å². The summed E-state index contributed by atoms with van der Waals surface area (Å²) in [6, 6.07) is 5.41. The number of hydrogen-bond donors (Lipinski definition) is 0. The number of ether oxygens (including phenoxy) is 2. The number of amides is 1. The number of rotatable bonds is 1. The Balaban J connectivity index is 2.45. The molecule has 1 unspecified atom stereocenters. The number of methoxy groups -OCH3 is 1. The first-order valence-corrected chi connectivity index (χ1v) is 4.75. The summed E-state index contributed by atoms with van der Waals surface area (Å²) in [6.07, 6.45) is -0.436. The third kappa shape index (κ3) is 1.52. The molecule has 1 aromatic rings. The fraction of sp³-hybridized carbons (Fsp3) is 0.364. The van der Waals surface area contributed by atoms with Gasteiger partial charge in [-0.1, -0.05) is 0 Å². The molecule has 0 N–H and O–H groups in total. The molecule has 1 amide bonds. The molecule has 80 valence electrons. The summed E-state index contributed by atoms with van der Waals surface area (Å²) in [6.45, 7) is 1.74. The highest BCUT2D eigenvalue weighted by Gasteiger charge is 2.28. The summed E-state index contributed by atoms with van der Waals surface area (Å²) >= 11 is 0. The average molecular weight is 207 g/mol. The largest absolute Gasteiger partial charge is 0.497 e. The number of likely N-dealkylation sites (N-methyl/N-ethyl adjacent to an activating group) is 1. The average Bonchev–Trinajstić information content (AvgIpc) is 2.25. The van der Waals surface area contributed by atoms with E-state index in [0.29, 0.717) is 5.75 Å². The molecule has 1 aliphatic heterocycles. The van der Waals surface area contributed by atoms with Gasteiger partial charge in [0.15, 0.2) is 6.10 Å². The smallest absolute Gasteiger partial charge is 0.267 e. The van der Waals surface area contributed by atoms with E-state index in [1.54, 1.807) is 32.0 Å². The maximum atomic E-state index is 11.6. The van der Waals surface area contributed by atoms with Gasteiger partial charge in [0.1, 0.15) is 11.5 Å². The van der Waals surface area contributed by atoms with E-state index in [-0.39, 0.29) is 5.91 Å². The monoisotopic (exact) mass is 207 g/mol. The van der Waals surface area contributed by atoms with Gasteiger partial charge in [0, 0.05) is 13.1 Å². The number of benzene rings is 1. The summed E-state index contributed by atoms with van der Waals surface area (Å²) in [5.41, 5.74) is 0.777. The lowest BCUT2D eigenvalue weighted by atomic mass is 10.2. The lowest BCUT2D eigenvalue weighted by molar-refractivity contribution is -0.125. The van der Waals surface area contributed by atoms with E-state index >= 15 is 0 Å².